The van der Waals surface area contributed by atoms with Gasteiger partial charge in [0.1, 0.15) is 0 Å². The van der Waals surface area contributed by atoms with E-state index in [1.807, 2.05) is 18.4 Å². The molecule has 9 heavy (non-hydrogen) atoms. The van der Waals surface area contributed by atoms with Crippen LogP contribution in [0.5, 0.6) is 0 Å². The van der Waals surface area contributed by atoms with Gasteiger partial charge in [-0.2, -0.15) is 0 Å². The molecule has 1 radical (unpaired) electrons. The Hall–Kier alpha value is -0.500. The average molecular weight is 138 g/mol. The van der Waals surface area contributed by atoms with Crippen molar-refractivity contribution in [2.24, 2.45) is 0 Å². The largest absolute Gasteiger partial charge is 0.250 e. The van der Waals surface area contributed by atoms with E-state index in [4.69, 9.17) is 0 Å². The van der Waals surface area contributed by atoms with Crippen LogP contribution < -0.4 is 0 Å². The molecule has 0 N–H and O–H groups in total. The van der Waals surface area contributed by atoms with Gasteiger partial charge in [-0.1, -0.05) is 0 Å². The maximum absolute atomic E-state index is 4.08. The van der Waals surface area contributed by atoms with Gasteiger partial charge in [0.2, 0.25) is 0 Å². The van der Waals surface area contributed by atoms with E-state index >= 15 is 0 Å². The monoisotopic (exact) mass is 138 g/mol. The Bertz CT molecular complexity index is 198. The highest BCUT2D eigenvalue weighted by Gasteiger charge is 1.88. The topological polar surface area (TPSA) is 12.9 Å². The van der Waals surface area contributed by atoms with Crippen LogP contribution in [-0.4, -0.2) is 11.2 Å². The molecule has 0 unspecified atom stereocenters. The summed E-state index contributed by atoms with van der Waals surface area (Å²) in [6.45, 7) is 3.78. The Morgan fingerprint density at radius 3 is 2.89 bits per heavy atom. The van der Waals surface area contributed by atoms with E-state index in [0.29, 0.717) is 0 Å². The summed E-state index contributed by atoms with van der Waals surface area (Å²) in [5.41, 5.74) is 1.02. The lowest BCUT2D eigenvalue weighted by atomic mass is 10.3. The minimum Gasteiger partial charge on any atom is -0.250 e. The number of hydrogen-bond acceptors (Lipinski definition) is 2. The van der Waals surface area contributed by atoms with Crippen molar-refractivity contribution < 1.29 is 0 Å². The maximum Gasteiger partial charge on any atom is 0.0959 e. The first kappa shape index (κ1) is 6.62. The first-order valence-corrected chi connectivity index (χ1v) is 3.87. The molecule has 0 aliphatic carbocycles. The predicted molar refractivity (Wildman–Crippen MR) is 40.5 cm³/mol. The number of thioether (sulfide) groups is 1. The zero-order chi connectivity index (χ0) is 6.69. The third kappa shape index (κ3) is 1.72. The molecule has 2 heteroatoms. The fourth-order valence-electron chi connectivity index (χ4n) is 0.562. The molecule has 1 aromatic rings. The Balaban J connectivity index is 2.94. The van der Waals surface area contributed by atoms with Gasteiger partial charge in [0.25, 0.3) is 0 Å². The molecular formula is C7H8NS. The summed E-state index contributed by atoms with van der Waals surface area (Å²) in [5.74, 6) is 0. The van der Waals surface area contributed by atoms with Crippen LogP contribution in [0.4, 0.5) is 0 Å². The van der Waals surface area contributed by atoms with Crippen molar-refractivity contribution in [2.75, 3.05) is 6.26 Å². The summed E-state index contributed by atoms with van der Waals surface area (Å²) >= 11 is 1.63. The van der Waals surface area contributed by atoms with Crippen LogP contribution in [0.2, 0.25) is 0 Å². The van der Waals surface area contributed by atoms with Crippen molar-refractivity contribution in [2.45, 2.75) is 5.03 Å². The molecule has 0 aliphatic heterocycles. The average Bonchev–Trinajstić information content (AvgIpc) is 1.88. The van der Waals surface area contributed by atoms with Crippen molar-refractivity contribution >= 4 is 11.8 Å². The van der Waals surface area contributed by atoms with E-state index < -0.39 is 0 Å². The lowest BCUT2D eigenvalue weighted by Gasteiger charge is -1.93. The van der Waals surface area contributed by atoms with Gasteiger partial charge in [-0.25, -0.2) is 4.98 Å². The molecule has 0 bridgehead atoms. The molecule has 1 heterocycles. The van der Waals surface area contributed by atoms with Gasteiger partial charge in [-0.15, -0.1) is 11.8 Å². The lowest BCUT2D eigenvalue weighted by Crippen LogP contribution is -1.77. The molecule has 0 spiro atoms. The van der Waals surface area contributed by atoms with Gasteiger partial charge in [0.15, 0.2) is 0 Å². The number of aromatic nitrogens is 1. The molecule has 1 aromatic heterocycles. The van der Waals surface area contributed by atoms with Crippen molar-refractivity contribution in [3.63, 3.8) is 0 Å². The standard InChI is InChI=1S/C7H8NS/c1-6-3-4-8-7(5-6)9-2/h3-5H,1H2,2H3. The normalized spacial score (nSPS) is 9.56. The molecule has 0 fully saturated rings. The summed E-state index contributed by atoms with van der Waals surface area (Å²) < 4.78 is 0. The quantitative estimate of drug-likeness (QED) is 0.550. The number of nitrogens with zero attached hydrogens (tertiary/aromatic N) is 1. The Labute approximate surface area is 59.5 Å². The van der Waals surface area contributed by atoms with E-state index in [1.54, 1.807) is 18.0 Å². The molecule has 0 aromatic carbocycles. The number of rotatable bonds is 1. The van der Waals surface area contributed by atoms with Gasteiger partial charge in [0.05, 0.1) is 5.03 Å². The first-order chi connectivity index (χ1) is 4.33. The summed E-state index contributed by atoms with van der Waals surface area (Å²) in [5, 5.41) is 1.03. The smallest absolute Gasteiger partial charge is 0.0959 e. The van der Waals surface area contributed by atoms with Crippen molar-refractivity contribution in [3.05, 3.63) is 30.8 Å². The van der Waals surface area contributed by atoms with Crippen molar-refractivity contribution in [1.82, 2.24) is 4.98 Å². The minimum absolute atomic E-state index is 1.02. The Kier molecular flexibility index (Phi) is 2.11. The molecule has 47 valence electrons. The van der Waals surface area contributed by atoms with E-state index in [-0.39, 0.29) is 0 Å². The Morgan fingerprint density at radius 2 is 2.44 bits per heavy atom. The predicted octanol–water partition coefficient (Wildman–Crippen LogP) is 1.99. The zero-order valence-electron chi connectivity index (χ0n) is 5.29. The summed E-state index contributed by atoms with van der Waals surface area (Å²) in [6, 6.07) is 3.85. The van der Waals surface area contributed by atoms with Gasteiger partial charge < -0.3 is 0 Å². The highest BCUT2D eigenvalue weighted by atomic mass is 32.2. The number of pyridine rings is 1. The third-order valence-electron chi connectivity index (χ3n) is 1.01. The fraction of sp³-hybridized carbons (Fsp3) is 0.143. The maximum atomic E-state index is 4.08. The summed E-state index contributed by atoms with van der Waals surface area (Å²) in [6.07, 6.45) is 3.77. The zero-order valence-corrected chi connectivity index (χ0v) is 6.11. The van der Waals surface area contributed by atoms with E-state index in [9.17, 15) is 0 Å². The van der Waals surface area contributed by atoms with Crippen LogP contribution in [0.3, 0.4) is 0 Å². The van der Waals surface area contributed by atoms with Crippen LogP contribution in [-0.2, 0) is 0 Å². The lowest BCUT2D eigenvalue weighted by molar-refractivity contribution is 1.13. The van der Waals surface area contributed by atoms with Crippen LogP contribution in [0.1, 0.15) is 5.56 Å². The van der Waals surface area contributed by atoms with Crippen LogP contribution in [0, 0.1) is 6.92 Å². The molecule has 0 aliphatic rings. The SMILES string of the molecule is [CH2]c1ccnc(SC)c1. The molecular weight excluding hydrogens is 130 g/mol. The van der Waals surface area contributed by atoms with E-state index in [1.165, 1.54) is 0 Å². The molecule has 1 rings (SSSR count). The molecule has 0 saturated heterocycles. The fourth-order valence-corrected chi connectivity index (χ4v) is 0.998. The van der Waals surface area contributed by atoms with E-state index in [0.717, 1.165) is 10.6 Å². The van der Waals surface area contributed by atoms with Gasteiger partial charge in [-0.3, -0.25) is 0 Å². The van der Waals surface area contributed by atoms with Gasteiger partial charge in [0, 0.05) is 6.20 Å². The molecule has 0 saturated carbocycles. The summed E-state index contributed by atoms with van der Waals surface area (Å²) in [4.78, 5) is 4.08. The second-order valence-corrected chi connectivity index (χ2v) is 2.53. The second kappa shape index (κ2) is 2.87. The van der Waals surface area contributed by atoms with Crippen LogP contribution in [0.25, 0.3) is 0 Å². The summed E-state index contributed by atoms with van der Waals surface area (Å²) in [7, 11) is 0. The van der Waals surface area contributed by atoms with Crippen molar-refractivity contribution in [3.8, 4) is 0 Å². The number of hydrogen-bond donors (Lipinski definition) is 0. The molecule has 0 amide bonds. The first-order valence-electron chi connectivity index (χ1n) is 2.65. The van der Waals surface area contributed by atoms with E-state index in [2.05, 4.69) is 11.9 Å². The third-order valence-corrected chi connectivity index (χ3v) is 1.65. The Morgan fingerprint density at radius 1 is 1.67 bits per heavy atom. The highest BCUT2D eigenvalue weighted by molar-refractivity contribution is 7.98. The van der Waals surface area contributed by atoms with Crippen molar-refractivity contribution in [1.29, 1.82) is 0 Å². The van der Waals surface area contributed by atoms with Crippen LogP contribution >= 0.6 is 11.8 Å². The highest BCUT2D eigenvalue weighted by Crippen LogP contribution is 2.10. The molecule has 1 nitrogen and oxygen atoms in total. The second-order valence-electron chi connectivity index (χ2n) is 1.71. The minimum atomic E-state index is 1.02. The molecule has 0 atom stereocenters. The van der Waals surface area contributed by atoms with Gasteiger partial charge in [-0.05, 0) is 30.9 Å². The van der Waals surface area contributed by atoms with Gasteiger partial charge >= 0.3 is 0 Å². The van der Waals surface area contributed by atoms with Crippen LogP contribution in [0.15, 0.2) is 23.4 Å².